The molecule has 0 heterocycles. The fourth-order valence-electron chi connectivity index (χ4n) is 1.16. The Hall–Kier alpha value is -1.56. The highest BCUT2D eigenvalue weighted by molar-refractivity contribution is 5.94. The number of aliphatic hydroxyl groups excluding tert-OH is 1. The first-order chi connectivity index (χ1) is 8.26. The first-order valence-electron chi connectivity index (χ1n) is 5.30. The standard InChI is InChI=1S/C12H14F3NO2/c1-12(2,6-17)5-16-11(18)7-3-8(13)10(15)9(14)4-7/h3-4,17H,5-6H2,1-2H3,(H,16,18). The monoisotopic (exact) mass is 261 g/mol. The summed E-state index contributed by atoms with van der Waals surface area (Å²) in [6.07, 6.45) is 0. The van der Waals surface area contributed by atoms with Gasteiger partial charge < -0.3 is 10.4 Å². The van der Waals surface area contributed by atoms with Gasteiger partial charge in [-0.15, -0.1) is 0 Å². The molecule has 1 amide bonds. The summed E-state index contributed by atoms with van der Waals surface area (Å²) in [5.41, 5.74) is -0.854. The number of halogens is 3. The lowest BCUT2D eigenvalue weighted by Gasteiger charge is -2.21. The third-order valence-corrected chi connectivity index (χ3v) is 2.40. The average Bonchev–Trinajstić information content (AvgIpc) is 2.32. The molecule has 2 N–H and O–H groups in total. The van der Waals surface area contributed by atoms with E-state index in [1.165, 1.54) is 0 Å². The van der Waals surface area contributed by atoms with Crippen molar-refractivity contribution in [2.24, 2.45) is 5.41 Å². The molecule has 0 atom stereocenters. The van der Waals surface area contributed by atoms with Gasteiger partial charge in [0.1, 0.15) is 0 Å². The molecule has 0 aromatic heterocycles. The van der Waals surface area contributed by atoms with Crippen LogP contribution >= 0.6 is 0 Å². The van der Waals surface area contributed by atoms with Gasteiger partial charge in [-0.3, -0.25) is 4.79 Å². The van der Waals surface area contributed by atoms with Gasteiger partial charge in [-0.25, -0.2) is 13.2 Å². The zero-order chi connectivity index (χ0) is 13.9. The van der Waals surface area contributed by atoms with Crippen LogP contribution < -0.4 is 5.32 Å². The van der Waals surface area contributed by atoms with Gasteiger partial charge in [0.2, 0.25) is 0 Å². The summed E-state index contributed by atoms with van der Waals surface area (Å²) in [5.74, 6) is -5.17. The summed E-state index contributed by atoms with van der Waals surface area (Å²) in [4.78, 5) is 11.6. The lowest BCUT2D eigenvalue weighted by Crippen LogP contribution is -2.36. The van der Waals surface area contributed by atoms with E-state index in [4.69, 9.17) is 5.11 Å². The summed E-state index contributed by atoms with van der Waals surface area (Å²) in [6.45, 7) is 3.39. The first-order valence-corrected chi connectivity index (χ1v) is 5.30. The maximum absolute atomic E-state index is 12.9. The number of aliphatic hydroxyl groups is 1. The minimum atomic E-state index is -1.61. The van der Waals surface area contributed by atoms with Crippen LogP contribution in [0.4, 0.5) is 13.2 Å². The van der Waals surface area contributed by atoms with Crippen LogP contribution in [0.25, 0.3) is 0 Å². The van der Waals surface area contributed by atoms with E-state index in [0.29, 0.717) is 12.1 Å². The lowest BCUT2D eigenvalue weighted by atomic mass is 9.95. The average molecular weight is 261 g/mol. The molecule has 0 saturated carbocycles. The Kier molecular flexibility index (Phi) is 4.34. The Bertz CT molecular complexity index is 438. The van der Waals surface area contributed by atoms with E-state index in [2.05, 4.69) is 5.32 Å². The van der Waals surface area contributed by atoms with Crippen molar-refractivity contribution in [3.63, 3.8) is 0 Å². The van der Waals surface area contributed by atoms with Crippen LogP contribution in [0.2, 0.25) is 0 Å². The van der Waals surface area contributed by atoms with Crippen molar-refractivity contribution in [1.29, 1.82) is 0 Å². The molecule has 0 aliphatic carbocycles. The molecule has 6 heteroatoms. The number of rotatable bonds is 4. The molecule has 100 valence electrons. The molecule has 3 nitrogen and oxygen atoms in total. The van der Waals surface area contributed by atoms with E-state index in [-0.39, 0.29) is 18.7 Å². The molecule has 0 radical (unpaired) electrons. The van der Waals surface area contributed by atoms with Crippen molar-refractivity contribution < 1.29 is 23.1 Å². The van der Waals surface area contributed by atoms with Gasteiger partial charge in [0.25, 0.3) is 5.91 Å². The number of amides is 1. The molecule has 0 unspecified atom stereocenters. The Labute approximate surface area is 103 Å². The largest absolute Gasteiger partial charge is 0.396 e. The third kappa shape index (κ3) is 3.46. The summed E-state index contributed by atoms with van der Waals surface area (Å²) in [5, 5.41) is 11.4. The van der Waals surface area contributed by atoms with Crippen LogP contribution in [0.5, 0.6) is 0 Å². The summed E-state index contributed by atoms with van der Waals surface area (Å²) >= 11 is 0. The summed E-state index contributed by atoms with van der Waals surface area (Å²) in [6, 6.07) is 1.25. The van der Waals surface area contributed by atoms with Gasteiger partial charge in [-0.05, 0) is 12.1 Å². The van der Waals surface area contributed by atoms with Crippen molar-refractivity contribution in [3.8, 4) is 0 Å². The van der Waals surface area contributed by atoms with E-state index in [0.717, 1.165) is 0 Å². The van der Waals surface area contributed by atoms with Crippen LogP contribution in [0.15, 0.2) is 12.1 Å². The molecular formula is C12H14F3NO2. The highest BCUT2D eigenvalue weighted by Crippen LogP contribution is 2.15. The first kappa shape index (κ1) is 14.5. The zero-order valence-electron chi connectivity index (χ0n) is 10.1. The SMILES string of the molecule is CC(C)(CO)CNC(=O)c1cc(F)c(F)c(F)c1. The minimum absolute atomic E-state index is 0.128. The Balaban J connectivity index is 2.80. The zero-order valence-corrected chi connectivity index (χ0v) is 10.1. The number of nitrogens with one attached hydrogen (secondary N) is 1. The number of benzene rings is 1. The maximum atomic E-state index is 12.9. The Morgan fingerprint density at radius 2 is 1.78 bits per heavy atom. The van der Waals surface area contributed by atoms with Crippen molar-refractivity contribution in [3.05, 3.63) is 35.1 Å². The van der Waals surface area contributed by atoms with E-state index in [1.54, 1.807) is 13.8 Å². The van der Waals surface area contributed by atoms with Crippen LogP contribution in [0, 0.1) is 22.9 Å². The molecule has 18 heavy (non-hydrogen) atoms. The second-order valence-corrected chi connectivity index (χ2v) is 4.76. The molecule has 0 saturated heterocycles. The maximum Gasteiger partial charge on any atom is 0.251 e. The molecule has 0 bridgehead atoms. The highest BCUT2D eigenvalue weighted by atomic mass is 19.2. The number of carbonyl (C=O) groups excluding carboxylic acids is 1. The number of hydrogen-bond acceptors (Lipinski definition) is 2. The fourth-order valence-corrected chi connectivity index (χ4v) is 1.16. The normalized spacial score (nSPS) is 11.4. The summed E-state index contributed by atoms with van der Waals surface area (Å²) < 4.78 is 38.5. The molecule has 0 aliphatic rings. The van der Waals surface area contributed by atoms with Crippen LogP contribution in [-0.4, -0.2) is 24.2 Å². The van der Waals surface area contributed by atoms with Gasteiger partial charge >= 0.3 is 0 Å². The van der Waals surface area contributed by atoms with Crippen LogP contribution in [0.1, 0.15) is 24.2 Å². The number of hydrogen-bond donors (Lipinski definition) is 2. The fraction of sp³-hybridized carbons (Fsp3) is 0.417. The van der Waals surface area contributed by atoms with Gasteiger partial charge in [-0.1, -0.05) is 13.8 Å². The van der Waals surface area contributed by atoms with Gasteiger partial charge in [0.15, 0.2) is 17.5 Å². The van der Waals surface area contributed by atoms with E-state index in [1.807, 2.05) is 0 Å². The van der Waals surface area contributed by atoms with Crippen LogP contribution in [-0.2, 0) is 0 Å². The van der Waals surface area contributed by atoms with Crippen molar-refractivity contribution in [2.75, 3.05) is 13.2 Å². The van der Waals surface area contributed by atoms with Gasteiger partial charge in [0.05, 0.1) is 0 Å². The van der Waals surface area contributed by atoms with Crippen LogP contribution in [0.3, 0.4) is 0 Å². The van der Waals surface area contributed by atoms with E-state index < -0.39 is 28.8 Å². The molecule has 1 aromatic carbocycles. The van der Waals surface area contributed by atoms with Gasteiger partial charge in [-0.2, -0.15) is 0 Å². The Morgan fingerprint density at radius 3 is 2.22 bits per heavy atom. The Morgan fingerprint density at radius 1 is 1.28 bits per heavy atom. The van der Waals surface area contributed by atoms with E-state index >= 15 is 0 Å². The van der Waals surface area contributed by atoms with Gasteiger partial charge in [0, 0.05) is 24.1 Å². The summed E-state index contributed by atoms with van der Waals surface area (Å²) in [7, 11) is 0. The minimum Gasteiger partial charge on any atom is -0.396 e. The predicted molar refractivity (Wildman–Crippen MR) is 59.5 cm³/mol. The van der Waals surface area contributed by atoms with E-state index in [9.17, 15) is 18.0 Å². The third-order valence-electron chi connectivity index (χ3n) is 2.40. The molecule has 1 rings (SSSR count). The molecule has 0 spiro atoms. The quantitative estimate of drug-likeness (QED) is 0.813. The van der Waals surface area contributed by atoms with Crippen molar-refractivity contribution in [1.82, 2.24) is 5.32 Å². The molecule has 1 aromatic rings. The lowest BCUT2D eigenvalue weighted by molar-refractivity contribution is 0.0910. The molecular weight excluding hydrogens is 247 g/mol. The second kappa shape index (κ2) is 5.39. The van der Waals surface area contributed by atoms with Crippen molar-refractivity contribution >= 4 is 5.91 Å². The van der Waals surface area contributed by atoms with Crippen molar-refractivity contribution in [2.45, 2.75) is 13.8 Å². The molecule has 0 fully saturated rings. The molecule has 0 aliphatic heterocycles. The smallest absolute Gasteiger partial charge is 0.251 e. The topological polar surface area (TPSA) is 49.3 Å². The second-order valence-electron chi connectivity index (χ2n) is 4.76. The number of carbonyl (C=O) groups is 1. The predicted octanol–water partition coefficient (Wildman–Crippen LogP) is 1.85. The highest BCUT2D eigenvalue weighted by Gasteiger charge is 2.19.